The van der Waals surface area contributed by atoms with Crippen LogP contribution in [-0.4, -0.2) is 17.4 Å². The molecule has 2 aromatic rings. The summed E-state index contributed by atoms with van der Waals surface area (Å²) in [5.74, 6) is -0.405. The van der Waals surface area contributed by atoms with Crippen molar-refractivity contribution in [2.24, 2.45) is 0 Å². The van der Waals surface area contributed by atoms with Crippen molar-refractivity contribution in [1.29, 1.82) is 5.26 Å². The smallest absolute Gasteiger partial charge is 0.263 e. The lowest BCUT2D eigenvalue weighted by Gasteiger charge is -2.05. The number of pyridine rings is 1. The van der Waals surface area contributed by atoms with Gasteiger partial charge in [0.05, 0.1) is 0 Å². The summed E-state index contributed by atoms with van der Waals surface area (Å²) in [4.78, 5) is 16.0. The summed E-state index contributed by atoms with van der Waals surface area (Å²) in [7, 11) is 0. The Morgan fingerprint density at radius 3 is 2.71 bits per heavy atom. The minimum Gasteiger partial charge on any atom is -0.389 e. The average molecular weight is 385 g/mol. The highest BCUT2D eigenvalue weighted by atomic mass is 79.9. The van der Waals surface area contributed by atoms with Crippen LogP contribution < -0.4 is 10.6 Å². The van der Waals surface area contributed by atoms with E-state index in [2.05, 4.69) is 31.5 Å². The maximum atomic E-state index is 12.0. The summed E-state index contributed by atoms with van der Waals surface area (Å²) >= 11 is 3.39. The van der Waals surface area contributed by atoms with Crippen LogP contribution in [0.2, 0.25) is 0 Å². The van der Waals surface area contributed by atoms with Crippen LogP contribution in [0.4, 0.5) is 0 Å². The molecule has 5 nitrogen and oxygen atoms in total. The molecule has 24 heavy (non-hydrogen) atoms. The molecule has 6 heteroatoms. The van der Waals surface area contributed by atoms with Gasteiger partial charge < -0.3 is 10.6 Å². The topological polar surface area (TPSA) is 77.8 Å². The highest BCUT2D eigenvalue weighted by Crippen LogP contribution is 2.10. The average Bonchev–Trinajstić information content (AvgIpc) is 2.62. The lowest BCUT2D eigenvalue weighted by atomic mass is 10.1. The number of benzene rings is 1. The van der Waals surface area contributed by atoms with Gasteiger partial charge in [0.15, 0.2) is 0 Å². The molecule has 1 aromatic carbocycles. The van der Waals surface area contributed by atoms with Gasteiger partial charge in [0.2, 0.25) is 0 Å². The SMILES string of the molecule is N#C/C(=C/NCCc1ccc(Br)cc1)C(=O)NCc1cccnc1. The minimum atomic E-state index is -0.405. The third-order valence-electron chi connectivity index (χ3n) is 3.26. The fraction of sp³-hybridized carbons (Fsp3) is 0.167. The molecular weight excluding hydrogens is 368 g/mol. The Balaban J connectivity index is 1.79. The van der Waals surface area contributed by atoms with Crippen molar-refractivity contribution in [2.75, 3.05) is 6.54 Å². The summed E-state index contributed by atoms with van der Waals surface area (Å²) in [6, 6.07) is 13.6. The summed E-state index contributed by atoms with van der Waals surface area (Å²) < 4.78 is 1.04. The summed E-state index contributed by atoms with van der Waals surface area (Å²) in [6.45, 7) is 0.979. The van der Waals surface area contributed by atoms with Gasteiger partial charge in [0, 0.05) is 36.2 Å². The van der Waals surface area contributed by atoms with Crippen LogP contribution in [-0.2, 0) is 17.8 Å². The van der Waals surface area contributed by atoms with Gasteiger partial charge in [-0.1, -0.05) is 34.1 Å². The lowest BCUT2D eigenvalue weighted by Crippen LogP contribution is -2.25. The van der Waals surface area contributed by atoms with Crippen LogP contribution in [0, 0.1) is 11.3 Å². The zero-order valence-corrected chi connectivity index (χ0v) is 14.6. The molecule has 122 valence electrons. The molecule has 0 aliphatic carbocycles. The van der Waals surface area contributed by atoms with Crippen LogP contribution in [0.15, 0.2) is 65.0 Å². The number of hydrogen-bond acceptors (Lipinski definition) is 4. The van der Waals surface area contributed by atoms with Crippen LogP contribution in [0.5, 0.6) is 0 Å². The van der Waals surface area contributed by atoms with Crippen molar-refractivity contribution in [3.8, 4) is 6.07 Å². The number of carbonyl (C=O) groups excluding carboxylic acids is 1. The molecule has 0 saturated carbocycles. The predicted molar refractivity (Wildman–Crippen MR) is 95.6 cm³/mol. The molecule has 1 heterocycles. The molecule has 0 aliphatic heterocycles. The first-order valence-corrected chi connectivity index (χ1v) is 8.23. The van der Waals surface area contributed by atoms with E-state index in [9.17, 15) is 4.79 Å². The molecule has 0 radical (unpaired) electrons. The number of hydrogen-bond donors (Lipinski definition) is 2. The van der Waals surface area contributed by atoms with Crippen molar-refractivity contribution >= 4 is 21.8 Å². The van der Waals surface area contributed by atoms with Gasteiger partial charge in [-0.3, -0.25) is 9.78 Å². The molecule has 0 atom stereocenters. The van der Waals surface area contributed by atoms with Crippen LogP contribution >= 0.6 is 15.9 Å². The molecule has 1 amide bonds. The number of rotatable bonds is 7. The molecule has 0 unspecified atom stereocenters. The van der Waals surface area contributed by atoms with Gasteiger partial charge in [-0.05, 0) is 35.7 Å². The Bertz CT molecular complexity index is 736. The van der Waals surface area contributed by atoms with Crippen molar-refractivity contribution in [3.05, 3.63) is 76.2 Å². The second kappa shape index (κ2) is 9.48. The molecule has 0 saturated heterocycles. The van der Waals surface area contributed by atoms with E-state index in [0.717, 1.165) is 16.5 Å². The largest absolute Gasteiger partial charge is 0.389 e. The molecule has 2 N–H and O–H groups in total. The third kappa shape index (κ3) is 5.86. The summed E-state index contributed by atoms with van der Waals surface area (Å²) in [6.07, 6.45) is 5.60. The standard InChI is InChI=1S/C18H17BrN4O/c19-17-5-3-14(4-6-17)7-9-22-13-16(10-20)18(24)23-12-15-2-1-8-21-11-15/h1-6,8,11,13,22H,7,9,12H2,(H,23,24)/b16-13-. The third-order valence-corrected chi connectivity index (χ3v) is 3.79. The van der Waals surface area contributed by atoms with E-state index in [1.165, 1.54) is 11.8 Å². The van der Waals surface area contributed by atoms with Crippen molar-refractivity contribution in [2.45, 2.75) is 13.0 Å². The number of nitrogens with zero attached hydrogens (tertiary/aromatic N) is 2. The maximum Gasteiger partial charge on any atom is 0.263 e. The van der Waals surface area contributed by atoms with Gasteiger partial charge in [0.25, 0.3) is 5.91 Å². The van der Waals surface area contributed by atoms with Crippen LogP contribution in [0.25, 0.3) is 0 Å². The van der Waals surface area contributed by atoms with Crippen LogP contribution in [0.3, 0.4) is 0 Å². The Morgan fingerprint density at radius 2 is 2.04 bits per heavy atom. The summed E-state index contributed by atoms with van der Waals surface area (Å²) in [5.41, 5.74) is 2.11. The fourth-order valence-corrected chi connectivity index (χ4v) is 2.23. The van der Waals surface area contributed by atoms with Crippen molar-refractivity contribution in [1.82, 2.24) is 15.6 Å². The zero-order chi connectivity index (χ0) is 17.2. The molecule has 1 aromatic heterocycles. The number of halogens is 1. The van der Waals surface area contributed by atoms with Gasteiger partial charge in [-0.15, -0.1) is 0 Å². The van der Waals surface area contributed by atoms with Gasteiger partial charge in [-0.25, -0.2) is 0 Å². The van der Waals surface area contributed by atoms with E-state index in [1.54, 1.807) is 18.5 Å². The first-order valence-electron chi connectivity index (χ1n) is 7.44. The monoisotopic (exact) mass is 384 g/mol. The molecule has 0 aliphatic rings. The first-order chi connectivity index (χ1) is 11.7. The Hall–Kier alpha value is -2.65. The van der Waals surface area contributed by atoms with E-state index in [0.29, 0.717) is 13.1 Å². The Labute approximate surface area is 149 Å². The second-order valence-electron chi connectivity index (χ2n) is 5.04. The molecule has 0 fully saturated rings. The first kappa shape index (κ1) is 17.7. The zero-order valence-electron chi connectivity index (χ0n) is 13.0. The molecular formula is C18H17BrN4O. The fourth-order valence-electron chi connectivity index (χ4n) is 1.97. The Morgan fingerprint density at radius 1 is 1.25 bits per heavy atom. The lowest BCUT2D eigenvalue weighted by molar-refractivity contribution is -0.117. The molecule has 0 bridgehead atoms. The maximum absolute atomic E-state index is 12.0. The van der Waals surface area contributed by atoms with Crippen molar-refractivity contribution in [3.63, 3.8) is 0 Å². The number of carbonyl (C=O) groups is 1. The van der Waals surface area contributed by atoms with E-state index in [-0.39, 0.29) is 5.57 Å². The highest BCUT2D eigenvalue weighted by molar-refractivity contribution is 9.10. The van der Waals surface area contributed by atoms with Gasteiger partial charge in [0.1, 0.15) is 11.6 Å². The van der Waals surface area contributed by atoms with Crippen LogP contribution in [0.1, 0.15) is 11.1 Å². The minimum absolute atomic E-state index is 0.0506. The number of amides is 1. The van der Waals surface area contributed by atoms with E-state index < -0.39 is 5.91 Å². The van der Waals surface area contributed by atoms with Crippen molar-refractivity contribution < 1.29 is 4.79 Å². The number of nitriles is 1. The molecule has 0 spiro atoms. The summed E-state index contributed by atoms with van der Waals surface area (Å²) in [5, 5.41) is 14.8. The highest BCUT2D eigenvalue weighted by Gasteiger charge is 2.08. The van der Waals surface area contributed by atoms with E-state index in [1.807, 2.05) is 36.4 Å². The second-order valence-corrected chi connectivity index (χ2v) is 5.96. The normalized spacial score (nSPS) is 10.8. The number of nitrogens with one attached hydrogen (secondary N) is 2. The van der Waals surface area contributed by atoms with Gasteiger partial charge >= 0.3 is 0 Å². The molecule has 2 rings (SSSR count). The van der Waals surface area contributed by atoms with Gasteiger partial charge in [-0.2, -0.15) is 5.26 Å². The quantitative estimate of drug-likeness (QED) is 0.437. The number of aromatic nitrogens is 1. The Kier molecular flexibility index (Phi) is 6.99. The predicted octanol–water partition coefficient (Wildman–Crippen LogP) is 2.70. The van der Waals surface area contributed by atoms with E-state index >= 15 is 0 Å². The van der Waals surface area contributed by atoms with E-state index in [4.69, 9.17) is 5.26 Å².